The number of hydrogen-bond acceptors (Lipinski definition) is 7. The monoisotopic (exact) mass is 349 g/mol. The van der Waals surface area contributed by atoms with Gasteiger partial charge in [0.05, 0.1) is 24.0 Å². The first kappa shape index (κ1) is 17.4. The highest BCUT2D eigenvalue weighted by atomic mass is 32.2. The van der Waals surface area contributed by atoms with Crippen LogP contribution in [0.5, 0.6) is 0 Å². The highest BCUT2D eigenvalue weighted by Crippen LogP contribution is 2.15. The normalized spacial score (nSPS) is 10.8. The molecule has 0 saturated carbocycles. The molecule has 1 aromatic heterocycles. The fraction of sp³-hybridized carbons (Fsp3) is 0.286. The van der Waals surface area contributed by atoms with Crippen molar-refractivity contribution in [3.05, 3.63) is 36.2 Å². The number of esters is 1. The summed E-state index contributed by atoms with van der Waals surface area (Å²) in [6, 6.07) is 7.97. The number of sulfonamides is 1. The van der Waals surface area contributed by atoms with E-state index >= 15 is 0 Å². The Bertz CT molecular complexity index is 869. The summed E-state index contributed by atoms with van der Waals surface area (Å²) in [5, 5.41) is 12.5. The maximum absolute atomic E-state index is 12.3. The summed E-state index contributed by atoms with van der Waals surface area (Å²) in [5.41, 5.74) is 0.584. The van der Waals surface area contributed by atoms with Crippen molar-refractivity contribution in [2.24, 2.45) is 0 Å². The molecule has 0 unspecified atom stereocenters. The second kappa shape index (κ2) is 7.56. The van der Waals surface area contributed by atoms with Crippen molar-refractivity contribution in [2.75, 3.05) is 11.3 Å². The van der Waals surface area contributed by atoms with Gasteiger partial charge in [-0.2, -0.15) is 10.2 Å². The van der Waals surface area contributed by atoms with E-state index < -0.39 is 16.0 Å². The van der Waals surface area contributed by atoms with E-state index in [-0.39, 0.29) is 30.4 Å². The molecule has 0 saturated heterocycles. The van der Waals surface area contributed by atoms with Crippen LogP contribution in [0.4, 0.5) is 5.95 Å². The Kier molecular flexibility index (Phi) is 5.49. The van der Waals surface area contributed by atoms with Gasteiger partial charge < -0.3 is 4.74 Å². The van der Waals surface area contributed by atoms with E-state index in [1.807, 2.05) is 6.07 Å². The van der Waals surface area contributed by atoms with Gasteiger partial charge in [0.1, 0.15) is 12.9 Å². The molecular weight excluding hydrogens is 334 g/mol. The molecule has 2 rings (SSSR count). The van der Waals surface area contributed by atoms with Crippen LogP contribution in [-0.4, -0.2) is 35.8 Å². The number of nitrogens with zero attached hydrogens (tertiary/aromatic N) is 4. The lowest BCUT2D eigenvalue weighted by Gasteiger charge is -2.05. The summed E-state index contributed by atoms with van der Waals surface area (Å²) < 4.78 is 32.8. The van der Waals surface area contributed by atoms with E-state index in [9.17, 15) is 13.2 Å². The molecule has 0 atom stereocenters. The lowest BCUT2D eigenvalue weighted by molar-refractivity contribution is -0.144. The van der Waals surface area contributed by atoms with Crippen molar-refractivity contribution in [2.45, 2.75) is 24.8 Å². The Balaban J connectivity index is 2.12. The quantitative estimate of drug-likeness (QED) is 0.729. The first-order chi connectivity index (χ1) is 11.4. The number of carbonyl (C=O) groups excluding carboxylic acids is 1. The van der Waals surface area contributed by atoms with Gasteiger partial charge in [-0.15, -0.1) is 5.10 Å². The number of rotatable bonds is 7. The lowest BCUT2D eigenvalue weighted by atomic mass is 10.2. The summed E-state index contributed by atoms with van der Waals surface area (Å²) in [4.78, 5) is 15.1. The number of carbonyl (C=O) groups is 1. The molecule has 0 radical (unpaired) electrons. The summed E-state index contributed by atoms with van der Waals surface area (Å²) in [6.07, 6.45) is 1.33. The van der Waals surface area contributed by atoms with E-state index in [1.54, 1.807) is 19.1 Å². The minimum atomic E-state index is -3.89. The second-order valence-corrected chi connectivity index (χ2v) is 6.34. The van der Waals surface area contributed by atoms with Crippen molar-refractivity contribution < 1.29 is 17.9 Å². The van der Waals surface area contributed by atoms with Crippen molar-refractivity contribution in [1.82, 2.24) is 14.8 Å². The van der Waals surface area contributed by atoms with Gasteiger partial charge in [-0.05, 0) is 24.6 Å². The molecule has 0 fully saturated rings. The standard InChI is InChI=1S/C14H15N5O4S/c1-2-23-13(20)9-19-10-16-14(17-19)18-24(21,22)12-5-3-4-11(8-12)6-7-15/h3-5,8,10H,2,6,9H2,1H3,(H,17,18). The SMILES string of the molecule is CCOC(=O)Cn1cnc(NS(=O)(=O)c2cccc(CC#N)c2)n1. The zero-order valence-electron chi connectivity index (χ0n) is 12.8. The van der Waals surface area contributed by atoms with Gasteiger partial charge in [-0.25, -0.2) is 17.8 Å². The van der Waals surface area contributed by atoms with Crippen molar-refractivity contribution in [3.8, 4) is 6.07 Å². The van der Waals surface area contributed by atoms with Gasteiger partial charge in [-0.1, -0.05) is 12.1 Å². The smallest absolute Gasteiger partial charge is 0.327 e. The van der Waals surface area contributed by atoms with Crippen LogP contribution in [0.15, 0.2) is 35.5 Å². The highest BCUT2D eigenvalue weighted by molar-refractivity contribution is 7.92. The summed E-state index contributed by atoms with van der Waals surface area (Å²) >= 11 is 0. The number of ether oxygens (including phenoxy) is 1. The van der Waals surface area contributed by atoms with Crippen LogP contribution in [-0.2, 0) is 32.5 Å². The molecule has 0 aliphatic rings. The fourth-order valence-electron chi connectivity index (χ4n) is 1.85. The minimum Gasteiger partial charge on any atom is -0.465 e. The zero-order chi connectivity index (χ0) is 17.6. The number of nitrogens with one attached hydrogen (secondary N) is 1. The summed E-state index contributed by atoms with van der Waals surface area (Å²) in [6.45, 7) is 1.76. The van der Waals surface area contributed by atoms with Crippen molar-refractivity contribution in [1.29, 1.82) is 5.26 Å². The molecule has 0 aliphatic heterocycles. The Morgan fingerprint density at radius 1 is 1.46 bits per heavy atom. The number of aromatic nitrogens is 3. The predicted octanol–water partition coefficient (Wildman–Crippen LogP) is 0.708. The largest absolute Gasteiger partial charge is 0.465 e. The van der Waals surface area contributed by atoms with Crippen LogP contribution >= 0.6 is 0 Å². The minimum absolute atomic E-state index is 0.00278. The molecule has 0 aliphatic carbocycles. The Labute approximate surface area is 138 Å². The van der Waals surface area contributed by atoms with Crippen LogP contribution in [0.25, 0.3) is 0 Å². The van der Waals surface area contributed by atoms with Gasteiger partial charge >= 0.3 is 5.97 Å². The lowest BCUT2D eigenvalue weighted by Crippen LogP contribution is -2.16. The molecule has 0 spiro atoms. The van der Waals surface area contributed by atoms with Crippen LogP contribution in [0.2, 0.25) is 0 Å². The van der Waals surface area contributed by atoms with E-state index in [1.165, 1.54) is 23.1 Å². The summed E-state index contributed by atoms with van der Waals surface area (Å²) in [7, 11) is -3.89. The van der Waals surface area contributed by atoms with Gasteiger partial charge in [0.15, 0.2) is 0 Å². The molecule has 2 aromatic rings. The molecule has 126 valence electrons. The molecule has 0 bridgehead atoms. The average molecular weight is 349 g/mol. The number of benzene rings is 1. The van der Waals surface area contributed by atoms with Crippen molar-refractivity contribution >= 4 is 21.9 Å². The fourth-order valence-corrected chi connectivity index (χ4v) is 2.87. The zero-order valence-corrected chi connectivity index (χ0v) is 13.7. The molecular formula is C14H15N5O4S. The van der Waals surface area contributed by atoms with Crippen LogP contribution in [0.3, 0.4) is 0 Å². The van der Waals surface area contributed by atoms with E-state index in [2.05, 4.69) is 14.8 Å². The van der Waals surface area contributed by atoms with Crippen LogP contribution in [0.1, 0.15) is 12.5 Å². The topological polar surface area (TPSA) is 127 Å². The number of hydrogen-bond donors (Lipinski definition) is 1. The number of nitriles is 1. The first-order valence-corrected chi connectivity index (χ1v) is 8.46. The van der Waals surface area contributed by atoms with E-state index in [0.29, 0.717) is 5.56 Å². The Morgan fingerprint density at radius 3 is 2.96 bits per heavy atom. The molecule has 10 heteroatoms. The van der Waals surface area contributed by atoms with Crippen LogP contribution < -0.4 is 4.72 Å². The predicted molar refractivity (Wildman–Crippen MR) is 83.2 cm³/mol. The average Bonchev–Trinajstić information content (AvgIpc) is 2.94. The summed E-state index contributed by atoms with van der Waals surface area (Å²) in [5.74, 6) is -0.661. The first-order valence-electron chi connectivity index (χ1n) is 6.98. The maximum Gasteiger partial charge on any atom is 0.327 e. The Morgan fingerprint density at radius 2 is 2.25 bits per heavy atom. The maximum atomic E-state index is 12.3. The van der Waals surface area contributed by atoms with E-state index in [0.717, 1.165) is 0 Å². The van der Waals surface area contributed by atoms with E-state index in [4.69, 9.17) is 10.00 Å². The molecule has 0 amide bonds. The van der Waals surface area contributed by atoms with Gasteiger partial charge in [0, 0.05) is 0 Å². The third-order valence-electron chi connectivity index (χ3n) is 2.85. The molecule has 1 N–H and O–H groups in total. The van der Waals surface area contributed by atoms with Gasteiger partial charge in [0.2, 0.25) is 0 Å². The van der Waals surface area contributed by atoms with Gasteiger partial charge in [-0.3, -0.25) is 4.79 Å². The number of anilines is 1. The molecule has 1 heterocycles. The highest BCUT2D eigenvalue weighted by Gasteiger charge is 2.17. The van der Waals surface area contributed by atoms with Crippen LogP contribution in [0, 0.1) is 11.3 Å². The second-order valence-electron chi connectivity index (χ2n) is 4.66. The van der Waals surface area contributed by atoms with Gasteiger partial charge in [0.25, 0.3) is 16.0 Å². The molecule has 9 nitrogen and oxygen atoms in total. The third kappa shape index (κ3) is 4.53. The Hall–Kier alpha value is -2.93. The molecule has 1 aromatic carbocycles. The third-order valence-corrected chi connectivity index (χ3v) is 4.18. The molecule has 24 heavy (non-hydrogen) atoms. The van der Waals surface area contributed by atoms with Crippen molar-refractivity contribution in [3.63, 3.8) is 0 Å².